The Morgan fingerprint density at radius 3 is 2.72 bits per heavy atom. The molecule has 7 heteroatoms. The maximum absolute atomic E-state index is 14.9. The lowest BCUT2D eigenvalue weighted by Gasteiger charge is -2.36. The van der Waals surface area contributed by atoms with Gasteiger partial charge in [-0.25, -0.2) is 9.18 Å². The summed E-state index contributed by atoms with van der Waals surface area (Å²) in [6, 6.07) is 10.3. The predicted molar refractivity (Wildman–Crippen MR) is 121 cm³/mol. The smallest absolute Gasteiger partial charge is 0.336 e. The van der Waals surface area contributed by atoms with Gasteiger partial charge in [-0.2, -0.15) is 0 Å². The van der Waals surface area contributed by atoms with Gasteiger partial charge in [0.05, 0.1) is 18.1 Å². The molecular formula is C25H26FNO4S. The van der Waals surface area contributed by atoms with Gasteiger partial charge in [0.25, 0.3) is 0 Å². The Hall–Kier alpha value is -2.77. The van der Waals surface area contributed by atoms with E-state index in [2.05, 4.69) is 5.32 Å². The summed E-state index contributed by atoms with van der Waals surface area (Å²) in [6.07, 6.45) is 0.967. The molecule has 0 saturated heterocycles. The summed E-state index contributed by atoms with van der Waals surface area (Å²) in [5.74, 6) is -1.82. The molecule has 32 heavy (non-hydrogen) atoms. The second-order valence-electron chi connectivity index (χ2n) is 7.89. The zero-order valence-electron chi connectivity index (χ0n) is 18.2. The van der Waals surface area contributed by atoms with E-state index in [-0.39, 0.29) is 30.5 Å². The molecule has 2 heterocycles. The quantitative estimate of drug-likeness (QED) is 0.479. The van der Waals surface area contributed by atoms with Gasteiger partial charge in [0.15, 0.2) is 5.78 Å². The summed E-state index contributed by atoms with van der Waals surface area (Å²) in [4.78, 5) is 27.6. The molecule has 1 aliphatic heterocycles. The van der Waals surface area contributed by atoms with E-state index in [1.165, 1.54) is 6.07 Å². The van der Waals surface area contributed by atoms with Crippen molar-refractivity contribution in [2.24, 2.45) is 0 Å². The van der Waals surface area contributed by atoms with Crippen LogP contribution in [0.3, 0.4) is 0 Å². The highest BCUT2D eigenvalue weighted by Crippen LogP contribution is 2.46. The molecule has 168 valence electrons. The summed E-state index contributed by atoms with van der Waals surface area (Å²) >= 11 is 1.63. The monoisotopic (exact) mass is 455 g/mol. The molecule has 0 spiro atoms. The van der Waals surface area contributed by atoms with Crippen LogP contribution in [-0.2, 0) is 19.1 Å². The Labute approximate surface area is 190 Å². The standard InChI is InChI=1S/C25H26FNO4S/c1-3-30-10-11-31-25(29)22-15(2)27-19-13-16(21-9-6-12-32-21)14-20(28)24(19)23(22)17-7-4-5-8-18(17)26/h4-9,12,16,23,27H,3,10-11,13-14H2,1-2H3. The van der Waals surface area contributed by atoms with Crippen LogP contribution in [0.5, 0.6) is 0 Å². The number of ether oxygens (including phenoxy) is 2. The summed E-state index contributed by atoms with van der Waals surface area (Å²) in [5.41, 5.74) is 2.38. The van der Waals surface area contributed by atoms with Gasteiger partial charge in [0.2, 0.25) is 0 Å². The lowest BCUT2D eigenvalue weighted by molar-refractivity contribution is -0.140. The Morgan fingerprint density at radius 1 is 1.19 bits per heavy atom. The highest BCUT2D eigenvalue weighted by Gasteiger charge is 2.42. The van der Waals surface area contributed by atoms with Gasteiger partial charge in [0, 0.05) is 46.4 Å². The molecule has 2 aliphatic rings. The largest absolute Gasteiger partial charge is 0.460 e. The number of Topliss-reactive ketones (excluding diaryl/α,β-unsaturated/α-hetero) is 1. The molecule has 4 rings (SSSR count). The average Bonchev–Trinajstić information content (AvgIpc) is 3.31. The van der Waals surface area contributed by atoms with Crippen molar-refractivity contribution in [3.63, 3.8) is 0 Å². The number of carbonyl (C=O) groups excluding carboxylic acids is 2. The number of dihydropyridines is 1. The number of carbonyl (C=O) groups is 2. The fourth-order valence-electron chi connectivity index (χ4n) is 4.47. The second kappa shape index (κ2) is 9.79. The number of allylic oxidation sites excluding steroid dienone is 3. The summed E-state index contributed by atoms with van der Waals surface area (Å²) < 4.78 is 25.6. The van der Waals surface area contributed by atoms with Crippen LogP contribution in [0.15, 0.2) is 64.3 Å². The van der Waals surface area contributed by atoms with Crippen molar-refractivity contribution in [1.29, 1.82) is 0 Å². The molecule has 1 aromatic heterocycles. The average molecular weight is 456 g/mol. The second-order valence-corrected chi connectivity index (χ2v) is 8.87. The van der Waals surface area contributed by atoms with Gasteiger partial charge < -0.3 is 14.8 Å². The number of rotatable bonds is 7. The third-order valence-corrected chi connectivity index (χ3v) is 6.91. The first-order valence-corrected chi connectivity index (χ1v) is 11.7. The number of ketones is 1. The molecular weight excluding hydrogens is 429 g/mol. The van der Waals surface area contributed by atoms with Crippen molar-refractivity contribution in [1.82, 2.24) is 5.32 Å². The number of benzene rings is 1. The Bertz CT molecular complexity index is 1070. The van der Waals surface area contributed by atoms with Gasteiger partial charge in [-0.05, 0) is 37.8 Å². The first kappa shape index (κ1) is 22.4. The molecule has 1 aliphatic carbocycles. The van der Waals surface area contributed by atoms with Crippen molar-refractivity contribution in [2.45, 2.75) is 38.5 Å². The lowest BCUT2D eigenvalue weighted by Crippen LogP contribution is -2.36. The molecule has 2 aromatic rings. The molecule has 1 N–H and O–H groups in total. The van der Waals surface area contributed by atoms with E-state index in [1.807, 2.05) is 24.4 Å². The van der Waals surface area contributed by atoms with Crippen LogP contribution >= 0.6 is 11.3 Å². The Balaban J connectivity index is 1.73. The molecule has 5 nitrogen and oxygen atoms in total. The van der Waals surface area contributed by atoms with E-state index in [0.717, 1.165) is 10.6 Å². The molecule has 2 unspecified atom stereocenters. The van der Waals surface area contributed by atoms with E-state index in [0.29, 0.717) is 36.3 Å². The minimum Gasteiger partial charge on any atom is -0.460 e. The number of halogens is 1. The molecule has 0 fully saturated rings. The maximum Gasteiger partial charge on any atom is 0.336 e. The number of hydrogen-bond acceptors (Lipinski definition) is 6. The fraction of sp³-hybridized carbons (Fsp3) is 0.360. The third kappa shape index (κ3) is 4.40. The summed E-state index contributed by atoms with van der Waals surface area (Å²) in [5, 5.41) is 5.28. The van der Waals surface area contributed by atoms with Crippen LogP contribution in [0.2, 0.25) is 0 Å². The molecule has 0 saturated carbocycles. The molecule has 2 atom stereocenters. The van der Waals surface area contributed by atoms with E-state index in [4.69, 9.17) is 9.47 Å². The topological polar surface area (TPSA) is 64.6 Å². The van der Waals surface area contributed by atoms with Crippen molar-refractivity contribution in [3.8, 4) is 0 Å². The molecule has 1 aromatic carbocycles. The number of hydrogen-bond donors (Lipinski definition) is 1. The zero-order valence-corrected chi connectivity index (χ0v) is 19.0. The molecule has 0 bridgehead atoms. The minimum atomic E-state index is -0.802. The van der Waals surface area contributed by atoms with Gasteiger partial charge >= 0.3 is 5.97 Å². The number of thiophene rings is 1. The fourth-order valence-corrected chi connectivity index (χ4v) is 5.30. The molecule has 0 radical (unpaired) electrons. The minimum absolute atomic E-state index is 0.0717. The Kier molecular flexibility index (Phi) is 6.86. The first-order valence-electron chi connectivity index (χ1n) is 10.8. The van der Waals surface area contributed by atoms with Gasteiger partial charge in [-0.1, -0.05) is 24.3 Å². The van der Waals surface area contributed by atoms with E-state index in [9.17, 15) is 14.0 Å². The van der Waals surface area contributed by atoms with Gasteiger partial charge in [0.1, 0.15) is 12.4 Å². The Morgan fingerprint density at radius 2 is 2.00 bits per heavy atom. The van der Waals surface area contributed by atoms with Crippen LogP contribution in [0.4, 0.5) is 4.39 Å². The van der Waals surface area contributed by atoms with Crippen LogP contribution in [-0.4, -0.2) is 31.6 Å². The highest BCUT2D eigenvalue weighted by atomic mass is 32.1. The highest BCUT2D eigenvalue weighted by molar-refractivity contribution is 7.10. The van der Waals surface area contributed by atoms with Crippen molar-refractivity contribution in [3.05, 3.63) is 80.6 Å². The van der Waals surface area contributed by atoms with Crippen molar-refractivity contribution in [2.75, 3.05) is 19.8 Å². The normalized spacial score (nSPS) is 20.8. The van der Waals surface area contributed by atoms with Crippen LogP contribution in [0.1, 0.15) is 49.0 Å². The lowest BCUT2D eigenvalue weighted by atomic mass is 9.72. The van der Waals surface area contributed by atoms with Crippen molar-refractivity contribution < 1.29 is 23.5 Å². The maximum atomic E-state index is 14.9. The first-order chi connectivity index (χ1) is 15.5. The van der Waals surface area contributed by atoms with Crippen LogP contribution in [0.25, 0.3) is 0 Å². The zero-order chi connectivity index (χ0) is 22.7. The number of nitrogens with one attached hydrogen (secondary N) is 1. The SMILES string of the molecule is CCOCCOC(=O)C1=C(C)NC2=C(C(=O)CC(c3cccs3)C2)C1c1ccccc1F. The molecule has 0 amide bonds. The number of esters is 1. The summed E-state index contributed by atoms with van der Waals surface area (Å²) in [6.45, 7) is 4.53. The van der Waals surface area contributed by atoms with Gasteiger partial charge in [-0.15, -0.1) is 11.3 Å². The van der Waals surface area contributed by atoms with Gasteiger partial charge in [-0.3, -0.25) is 4.79 Å². The van der Waals surface area contributed by atoms with Crippen LogP contribution < -0.4 is 5.32 Å². The van der Waals surface area contributed by atoms with Crippen molar-refractivity contribution >= 4 is 23.1 Å². The predicted octanol–water partition coefficient (Wildman–Crippen LogP) is 4.83. The third-order valence-electron chi connectivity index (χ3n) is 5.87. The summed E-state index contributed by atoms with van der Waals surface area (Å²) in [7, 11) is 0. The van der Waals surface area contributed by atoms with E-state index >= 15 is 0 Å². The van der Waals surface area contributed by atoms with E-state index in [1.54, 1.807) is 36.5 Å². The van der Waals surface area contributed by atoms with Crippen LogP contribution in [0, 0.1) is 5.82 Å². The van der Waals surface area contributed by atoms with E-state index < -0.39 is 17.7 Å².